The van der Waals surface area contributed by atoms with Crippen LogP contribution in [-0.2, 0) is 0 Å². The van der Waals surface area contributed by atoms with Crippen molar-refractivity contribution in [2.24, 2.45) is 0 Å². The van der Waals surface area contributed by atoms with Gasteiger partial charge in [-0.3, -0.25) is 4.79 Å². The highest BCUT2D eigenvalue weighted by Crippen LogP contribution is 2.28. The molecule has 0 aliphatic carbocycles. The van der Waals surface area contributed by atoms with Crippen LogP contribution in [0, 0.1) is 11.3 Å². The molecule has 1 heterocycles. The van der Waals surface area contributed by atoms with Crippen LogP contribution in [0.25, 0.3) is 0 Å². The fraction of sp³-hybridized carbons (Fsp3) is 0.0833. The lowest BCUT2D eigenvalue weighted by atomic mass is 10.2. The molecule has 1 aromatic carbocycles. The number of halogens is 1. The SMILES string of the molecule is COc1cc(C#N)cc(Oc2nc[nH]c(=O)c2Br)c1. The van der Waals surface area contributed by atoms with E-state index in [0.29, 0.717) is 17.1 Å². The summed E-state index contributed by atoms with van der Waals surface area (Å²) in [7, 11) is 1.49. The minimum atomic E-state index is -0.353. The summed E-state index contributed by atoms with van der Waals surface area (Å²) in [6.07, 6.45) is 1.23. The van der Waals surface area contributed by atoms with Crippen LogP contribution in [-0.4, -0.2) is 17.1 Å². The van der Waals surface area contributed by atoms with Crippen LogP contribution in [0.4, 0.5) is 0 Å². The summed E-state index contributed by atoms with van der Waals surface area (Å²) in [4.78, 5) is 17.7. The van der Waals surface area contributed by atoms with Gasteiger partial charge in [-0.05, 0) is 28.1 Å². The number of nitrogens with zero attached hydrogens (tertiary/aromatic N) is 2. The van der Waals surface area contributed by atoms with Crippen molar-refractivity contribution < 1.29 is 9.47 Å². The Morgan fingerprint density at radius 2 is 2.11 bits per heavy atom. The second-order valence-corrected chi connectivity index (χ2v) is 4.25. The van der Waals surface area contributed by atoms with E-state index >= 15 is 0 Å². The van der Waals surface area contributed by atoms with Gasteiger partial charge in [0.05, 0.1) is 25.1 Å². The van der Waals surface area contributed by atoms with Gasteiger partial charge in [0.1, 0.15) is 16.0 Å². The van der Waals surface area contributed by atoms with Crippen molar-refractivity contribution in [3.8, 4) is 23.4 Å². The third kappa shape index (κ3) is 2.92. The molecule has 7 heteroatoms. The maximum absolute atomic E-state index is 11.4. The summed E-state index contributed by atoms with van der Waals surface area (Å²) >= 11 is 3.08. The first kappa shape index (κ1) is 13.1. The molecule has 0 fully saturated rings. The molecular weight excluding hydrogens is 314 g/mol. The van der Waals surface area contributed by atoms with Gasteiger partial charge >= 0.3 is 0 Å². The summed E-state index contributed by atoms with van der Waals surface area (Å²) in [6, 6.07) is 6.69. The van der Waals surface area contributed by atoms with Gasteiger partial charge < -0.3 is 14.5 Å². The summed E-state index contributed by atoms with van der Waals surface area (Å²) in [5.41, 5.74) is 0.0312. The van der Waals surface area contributed by atoms with E-state index in [1.165, 1.54) is 19.5 Å². The van der Waals surface area contributed by atoms with Gasteiger partial charge in [-0.1, -0.05) is 0 Å². The molecule has 0 aliphatic rings. The van der Waals surface area contributed by atoms with E-state index in [1.54, 1.807) is 12.1 Å². The molecule has 96 valence electrons. The predicted octanol–water partition coefficient (Wildman–Crippen LogP) is 2.20. The smallest absolute Gasteiger partial charge is 0.268 e. The van der Waals surface area contributed by atoms with Gasteiger partial charge in [-0.15, -0.1) is 0 Å². The van der Waals surface area contributed by atoms with E-state index in [2.05, 4.69) is 25.9 Å². The first-order chi connectivity index (χ1) is 9.13. The Labute approximate surface area is 116 Å². The van der Waals surface area contributed by atoms with Crippen molar-refractivity contribution in [2.75, 3.05) is 7.11 Å². The molecule has 1 N–H and O–H groups in total. The Balaban J connectivity index is 2.41. The lowest BCUT2D eigenvalue weighted by Gasteiger charge is -2.08. The average Bonchev–Trinajstić information content (AvgIpc) is 2.43. The molecule has 19 heavy (non-hydrogen) atoms. The highest BCUT2D eigenvalue weighted by molar-refractivity contribution is 9.10. The standard InChI is InChI=1S/C12H8BrN3O3/c1-18-8-2-7(5-14)3-9(4-8)19-12-10(13)11(17)15-6-16-12/h2-4,6H,1H3,(H,15,16,17). The van der Waals surface area contributed by atoms with Crippen molar-refractivity contribution in [1.82, 2.24) is 9.97 Å². The predicted molar refractivity (Wildman–Crippen MR) is 70.3 cm³/mol. The van der Waals surface area contributed by atoms with Gasteiger partial charge in [0.15, 0.2) is 0 Å². The van der Waals surface area contributed by atoms with Crippen LogP contribution in [0.5, 0.6) is 17.4 Å². The van der Waals surface area contributed by atoms with E-state index < -0.39 is 0 Å². The number of hydrogen-bond donors (Lipinski definition) is 1. The topological polar surface area (TPSA) is 88.0 Å². The number of benzene rings is 1. The Bertz CT molecular complexity index is 706. The summed E-state index contributed by atoms with van der Waals surface area (Å²) in [5, 5.41) is 8.91. The second-order valence-electron chi connectivity index (χ2n) is 3.46. The van der Waals surface area contributed by atoms with Gasteiger partial charge in [0.2, 0.25) is 5.88 Å². The van der Waals surface area contributed by atoms with Gasteiger partial charge in [-0.25, -0.2) is 4.98 Å². The molecule has 0 saturated carbocycles. The first-order valence-corrected chi connectivity index (χ1v) is 5.93. The van der Waals surface area contributed by atoms with Gasteiger partial charge in [0.25, 0.3) is 5.56 Å². The molecule has 6 nitrogen and oxygen atoms in total. The van der Waals surface area contributed by atoms with Crippen molar-refractivity contribution in [2.45, 2.75) is 0 Å². The van der Waals surface area contributed by atoms with Crippen LogP contribution in [0.15, 0.2) is 33.8 Å². The summed E-state index contributed by atoms with van der Waals surface area (Å²) in [5.74, 6) is 0.950. The monoisotopic (exact) mass is 321 g/mol. The summed E-state index contributed by atoms with van der Waals surface area (Å²) < 4.78 is 10.7. The molecule has 0 bridgehead atoms. The van der Waals surface area contributed by atoms with E-state index in [-0.39, 0.29) is 15.9 Å². The largest absolute Gasteiger partial charge is 0.497 e. The third-order valence-electron chi connectivity index (χ3n) is 2.22. The van der Waals surface area contributed by atoms with Crippen molar-refractivity contribution in [1.29, 1.82) is 5.26 Å². The van der Waals surface area contributed by atoms with Crippen molar-refractivity contribution in [3.05, 3.63) is 44.9 Å². The van der Waals surface area contributed by atoms with Crippen LogP contribution in [0.3, 0.4) is 0 Å². The number of nitrogens with one attached hydrogen (secondary N) is 1. The summed E-state index contributed by atoms with van der Waals surface area (Å²) in [6.45, 7) is 0. The van der Waals surface area contributed by atoms with Crippen LogP contribution in [0.2, 0.25) is 0 Å². The quantitative estimate of drug-likeness (QED) is 0.936. The minimum Gasteiger partial charge on any atom is -0.497 e. The number of ether oxygens (including phenoxy) is 2. The number of aromatic nitrogens is 2. The van der Waals surface area contributed by atoms with Gasteiger partial charge in [-0.2, -0.15) is 5.26 Å². The third-order valence-corrected chi connectivity index (χ3v) is 2.92. The normalized spacial score (nSPS) is 9.74. The zero-order valence-electron chi connectivity index (χ0n) is 9.81. The maximum Gasteiger partial charge on any atom is 0.268 e. The van der Waals surface area contributed by atoms with Crippen molar-refractivity contribution >= 4 is 15.9 Å². The number of H-pyrrole nitrogens is 1. The Hall–Kier alpha value is -2.33. The molecule has 1 aromatic heterocycles. The number of nitriles is 1. The fourth-order valence-electron chi connectivity index (χ4n) is 1.36. The lowest BCUT2D eigenvalue weighted by molar-refractivity contribution is 0.406. The van der Waals surface area contributed by atoms with E-state index in [1.807, 2.05) is 6.07 Å². The Kier molecular flexibility index (Phi) is 3.82. The second kappa shape index (κ2) is 5.54. The fourth-order valence-corrected chi connectivity index (χ4v) is 1.66. The van der Waals surface area contributed by atoms with Crippen molar-refractivity contribution in [3.63, 3.8) is 0 Å². The molecule has 2 aromatic rings. The van der Waals surface area contributed by atoms with Crippen LogP contribution in [0.1, 0.15) is 5.56 Å². The van der Waals surface area contributed by atoms with Crippen LogP contribution >= 0.6 is 15.9 Å². The number of aromatic amines is 1. The molecule has 0 saturated heterocycles. The Morgan fingerprint density at radius 1 is 1.37 bits per heavy atom. The molecule has 0 atom stereocenters. The molecule has 0 spiro atoms. The zero-order chi connectivity index (χ0) is 13.8. The lowest BCUT2D eigenvalue weighted by Crippen LogP contribution is -2.08. The number of rotatable bonds is 3. The zero-order valence-corrected chi connectivity index (χ0v) is 11.4. The Morgan fingerprint density at radius 3 is 2.79 bits per heavy atom. The number of methoxy groups -OCH3 is 1. The van der Waals surface area contributed by atoms with Gasteiger partial charge in [0, 0.05) is 6.07 Å². The molecular formula is C12H8BrN3O3. The minimum absolute atomic E-state index is 0.112. The van der Waals surface area contributed by atoms with Crippen LogP contribution < -0.4 is 15.0 Å². The molecule has 0 unspecified atom stereocenters. The average molecular weight is 322 g/mol. The molecule has 2 rings (SSSR count). The van der Waals surface area contributed by atoms with E-state index in [0.717, 1.165) is 0 Å². The highest BCUT2D eigenvalue weighted by atomic mass is 79.9. The molecule has 0 radical (unpaired) electrons. The first-order valence-electron chi connectivity index (χ1n) is 5.14. The molecule has 0 aliphatic heterocycles. The number of hydrogen-bond acceptors (Lipinski definition) is 5. The maximum atomic E-state index is 11.4. The highest BCUT2D eigenvalue weighted by Gasteiger charge is 2.09. The molecule has 0 amide bonds. The van der Waals surface area contributed by atoms with E-state index in [4.69, 9.17) is 14.7 Å². The van der Waals surface area contributed by atoms with E-state index in [9.17, 15) is 4.79 Å².